The fourth-order valence-corrected chi connectivity index (χ4v) is 1.88. The van der Waals surface area contributed by atoms with Gasteiger partial charge in [-0.3, -0.25) is 4.79 Å². The molecule has 1 rings (SSSR count). The molecule has 0 unspecified atom stereocenters. The quantitative estimate of drug-likeness (QED) is 0.635. The Morgan fingerprint density at radius 2 is 2.09 bits per heavy atom. The fraction of sp³-hybridized carbons (Fsp3) is 0.667. The van der Waals surface area contributed by atoms with E-state index in [2.05, 4.69) is 0 Å². The van der Waals surface area contributed by atoms with Crippen LogP contribution >= 0.6 is 11.8 Å². The van der Waals surface area contributed by atoms with Crippen molar-refractivity contribution in [1.82, 2.24) is 4.90 Å². The predicted molar refractivity (Wildman–Crippen MR) is 41.7 cm³/mol. The SMILES string of the molecule is CC(=O)SC1CN(C(=O)O)C1. The van der Waals surface area contributed by atoms with Crippen LogP contribution < -0.4 is 0 Å². The van der Waals surface area contributed by atoms with Crippen LogP contribution in [0.5, 0.6) is 0 Å². The zero-order valence-corrected chi connectivity index (χ0v) is 6.93. The highest BCUT2D eigenvalue weighted by Crippen LogP contribution is 2.22. The summed E-state index contributed by atoms with van der Waals surface area (Å²) in [6.45, 7) is 2.47. The summed E-state index contributed by atoms with van der Waals surface area (Å²) in [5, 5.41) is 8.66. The summed E-state index contributed by atoms with van der Waals surface area (Å²) in [6, 6.07) is 0. The average Bonchev–Trinajstić information content (AvgIpc) is 1.75. The Hall–Kier alpha value is -0.710. The molecule has 0 bridgehead atoms. The topological polar surface area (TPSA) is 57.6 Å². The van der Waals surface area contributed by atoms with Gasteiger partial charge in [-0.15, -0.1) is 0 Å². The van der Waals surface area contributed by atoms with Crippen LogP contribution in [0.3, 0.4) is 0 Å². The van der Waals surface area contributed by atoms with Crippen LogP contribution in [-0.2, 0) is 4.79 Å². The number of amides is 1. The first kappa shape index (κ1) is 8.39. The Labute approximate surface area is 68.6 Å². The van der Waals surface area contributed by atoms with E-state index in [1.807, 2.05) is 0 Å². The molecule has 1 amide bonds. The van der Waals surface area contributed by atoms with Gasteiger partial charge in [0.2, 0.25) is 0 Å². The number of carboxylic acid groups (broad SMARTS) is 1. The molecule has 0 aliphatic carbocycles. The summed E-state index contributed by atoms with van der Waals surface area (Å²) in [7, 11) is 0. The Kier molecular flexibility index (Phi) is 2.38. The number of likely N-dealkylation sites (tertiary alicyclic amines) is 1. The van der Waals surface area contributed by atoms with Gasteiger partial charge in [0.1, 0.15) is 0 Å². The lowest BCUT2D eigenvalue weighted by atomic mass is 10.2. The molecule has 0 spiro atoms. The number of rotatable bonds is 1. The summed E-state index contributed by atoms with van der Waals surface area (Å²) < 4.78 is 0. The van der Waals surface area contributed by atoms with E-state index in [0.29, 0.717) is 13.1 Å². The summed E-state index contributed by atoms with van der Waals surface area (Å²) in [5.74, 6) is 0. The highest BCUT2D eigenvalue weighted by atomic mass is 32.2. The third-order valence-corrected chi connectivity index (χ3v) is 2.41. The molecule has 1 N–H and O–H groups in total. The van der Waals surface area contributed by atoms with Gasteiger partial charge in [-0.25, -0.2) is 4.79 Å². The maximum Gasteiger partial charge on any atom is 0.407 e. The minimum atomic E-state index is -0.898. The molecule has 4 nitrogen and oxygen atoms in total. The monoisotopic (exact) mass is 175 g/mol. The van der Waals surface area contributed by atoms with Gasteiger partial charge in [-0.2, -0.15) is 0 Å². The van der Waals surface area contributed by atoms with Crippen molar-refractivity contribution in [3.8, 4) is 0 Å². The summed E-state index contributed by atoms with van der Waals surface area (Å²) in [5.41, 5.74) is 0. The number of carbonyl (C=O) groups excluding carboxylic acids is 1. The predicted octanol–water partition coefficient (Wildman–Crippen LogP) is 0.628. The molecule has 1 aliphatic heterocycles. The van der Waals surface area contributed by atoms with Crippen molar-refractivity contribution in [3.63, 3.8) is 0 Å². The second-order valence-corrected chi connectivity index (χ2v) is 3.90. The van der Waals surface area contributed by atoms with Crippen LogP contribution in [-0.4, -0.2) is 39.6 Å². The van der Waals surface area contributed by atoms with Crippen molar-refractivity contribution in [3.05, 3.63) is 0 Å². The van der Waals surface area contributed by atoms with Crippen molar-refractivity contribution in [1.29, 1.82) is 0 Å². The maximum absolute atomic E-state index is 10.5. The third kappa shape index (κ3) is 2.11. The molecular weight excluding hydrogens is 166 g/mol. The summed E-state index contributed by atoms with van der Waals surface area (Å²) >= 11 is 1.22. The second-order valence-electron chi connectivity index (χ2n) is 2.42. The molecule has 1 aliphatic rings. The molecule has 0 aromatic heterocycles. The molecule has 0 aromatic rings. The molecule has 0 radical (unpaired) electrons. The van der Waals surface area contributed by atoms with Gasteiger partial charge in [0, 0.05) is 25.3 Å². The van der Waals surface area contributed by atoms with Gasteiger partial charge in [0.25, 0.3) is 0 Å². The molecule has 0 atom stereocenters. The lowest BCUT2D eigenvalue weighted by Crippen LogP contribution is -2.51. The highest BCUT2D eigenvalue weighted by Gasteiger charge is 2.31. The van der Waals surface area contributed by atoms with Crippen molar-refractivity contribution < 1.29 is 14.7 Å². The number of thioether (sulfide) groups is 1. The van der Waals surface area contributed by atoms with Gasteiger partial charge in [-0.05, 0) is 0 Å². The maximum atomic E-state index is 10.5. The molecule has 0 aromatic carbocycles. The third-order valence-electron chi connectivity index (χ3n) is 1.45. The summed E-state index contributed by atoms with van der Waals surface area (Å²) in [6.07, 6.45) is -0.898. The standard InChI is InChI=1S/C6H9NO3S/c1-4(8)11-5-2-7(3-5)6(9)10/h5H,2-3H2,1H3,(H,9,10). The molecule has 0 saturated carbocycles. The van der Waals surface area contributed by atoms with E-state index in [4.69, 9.17) is 5.11 Å². The van der Waals surface area contributed by atoms with E-state index in [1.165, 1.54) is 23.6 Å². The van der Waals surface area contributed by atoms with E-state index < -0.39 is 6.09 Å². The number of carbonyl (C=O) groups is 2. The van der Waals surface area contributed by atoms with E-state index in [0.717, 1.165) is 0 Å². The van der Waals surface area contributed by atoms with Crippen LogP contribution in [0.4, 0.5) is 4.79 Å². The first-order valence-corrected chi connectivity index (χ1v) is 4.12. The van der Waals surface area contributed by atoms with Crippen LogP contribution in [0.25, 0.3) is 0 Å². The van der Waals surface area contributed by atoms with Crippen LogP contribution in [0.15, 0.2) is 0 Å². The minimum absolute atomic E-state index is 0.0556. The lowest BCUT2D eigenvalue weighted by molar-refractivity contribution is -0.109. The van der Waals surface area contributed by atoms with Gasteiger partial charge in [0.15, 0.2) is 5.12 Å². The number of hydrogen-bond acceptors (Lipinski definition) is 3. The minimum Gasteiger partial charge on any atom is -0.465 e. The van der Waals surface area contributed by atoms with Gasteiger partial charge in [-0.1, -0.05) is 11.8 Å². The Morgan fingerprint density at radius 3 is 2.45 bits per heavy atom. The molecule has 62 valence electrons. The van der Waals surface area contributed by atoms with Crippen molar-refractivity contribution in [2.75, 3.05) is 13.1 Å². The highest BCUT2D eigenvalue weighted by molar-refractivity contribution is 8.14. The van der Waals surface area contributed by atoms with E-state index in [-0.39, 0.29) is 10.4 Å². The second kappa shape index (κ2) is 3.13. The molecular formula is C6H9NO3S. The normalized spacial score (nSPS) is 17.7. The summed E-state index contributed by atoms with van der Waals surface area (Å²) in [4.78, 5) is 22.1. The zero-order valence-electron chi connectivity index (χ0n) is 6.11. The zero-order chi connectivity index (χ0) is 8.43. The van der Waals surface area contributed by atoms with Gasteiger partial charge < -0.3 is 10.0 Å². The Morgan fingerprint density at radius 1 is 1.55 bits per heavy atom. The van der Waals surface area contributed by atoms with Crippen LogP contribution in [0.2, 0.25) is 0 Å². The van der Waals surface area contributed by atoms with Crippen LogP contribution in [0.1, 0.15) is 6.92 Å². The van der Waals surface area contributed by atoms with E-state index in [9.17, 15) is 9.59 Å². The molecule has 11 heavy (non-hydrogen) atoms. The first-order chi connectivity index (χ1) is 5.09. The Balaban J connectivity index is 2.19. The Bertz CT molecular complexity index is 188. The molecule has 1 heterocycles. The van der Waals surface area contributed by atoms with Gasteiger partial charge >= 0.3 is 6.09 Å². The van der Waals surface area contributed by atoms with E-state index >= 15 is 0 Å². The van der Waals surface area contributed by atoms with Crippen molar-refractivity contribution in [2.24, 2.45) is 0 Å². The molecule has 5 heteroatoms. The fourth-order valence-electron chi connectivity index (χ4n) is 0.904. The van der Waals surface area contributed by atoms with Crippen molar-refractivity contribution in [2.45, 2.75) is 12.2 Å². The average molecular weight is 175 g/mol. The molecule has 1 saturated heterocycles. The van der Waals surface area contributed by atoms with Gasteiger partial charge in [0.05, 0.1) is 0 Å². The number of nitrogens with zero attached hydrogens (tertiary/aromatic N) is 1. The smallest absolute Gasteiger partial charge is 0.407 e. The van der Waals surface area contributed by atoms with E-state index in [1.54, 1.807) is 0 Å². The largest absolute Gasteiger partial charge is 0.465 e. The number of hydrogen-bond donors (Lipinski definition) is 1. The first-order valence-electron chi connectivity index (χ1n) is 3.24. The van der Waals surface area contributed by atoms with Crippen molar-refractivity contribution >= 4 is 23.0 Å². The molecule has 1 fully saturated rings. The lowest BCUT2D eigenvalue weighted by Gasteiger charge is -2.35. The van der Waals surface area contributed by atoms with Crippen LogP contribution in [0, 0.1) is 0 Å².